The molecule has 0 aliphatic heterocycles. The second-order valence-electron chi connectivity index (χ2n) is 7.26. The SMILES string of the molecule is CC(C)Oc1ccc(Cl)cc1/C=N/NC(=O)C(NC(=O)c1ccccc1F)C(C)C. The summed E-state index contributed by atoms with van der Waals surface area (Å²) in [5.41, 5.74) is 2.87. The van der Waals surface area contributed by atoms with Crippen LogP contribution >= 0.6 is 11.6 Å². The summed E-state index contributed by atoms with van der Waals surface area (Å²) in [4.78, 5) is 24.9. The second kappa shape index (κ2) is 10.7. The molecule has 0 aromatic heterocycles. The van der Waals surface area contributed by atoms with Gasteiger partial charge in [0.05, 0.1) is 17.9 Å². The van der Waals surface area contributed by atoms with E-state index in [1.165, 1.54) is 24.4 Å². The second-order valence-corrected chi connectivity index (χ2v) is 7.69. The number of nitrogens with one attached hydrogen (secondary N) is 2. The van der Waals surface area contributed by atoms with Crippen LogP contribution in [0.25, 0.3) is 0 Å². The largest absolute Gasteiger partial charge is 0.490 e. The van der Waals surface area contributed by atoms with Gasteiger partial charge in [0.25, 0.3) is 11.8 Å². The summed E-state index contributed by atoms with van der Waals surface area (Å²) < 4.78 is 19.5. The van der Waals surface area contributed by atoms with Gasteiger partial charge in [0, 0.05) is 10.6 Å². The van der Waals surface area contributed by atoms with Crippen LogP contribution in [0.15, 0.2) is 47.6 Å². The Morgan fingerprint density at radius 3 is 2.47 bits per heavy atom. The van der Waals surface area contributed by atoms with Crippen LogP contribution in [-0.2, 0) is 4.79 Å². The summed E-state index contributed by atoms with van der Waals surface area (Å²) in [5, 5.41) is 7.02. The molecule has 0 aliphatic carbocycles. The highest BCUT2D eigenvalue weighted by molar-refractivity contribution is 6.30. The molecule has 0 fully saturated rings. The fourth-order valence-corrected chi connectivity index (χ4v) is 2.80. The molecule has 0 bridgehead atoms. The molecular weight excluding hydrogens is 409 g/mol. The first-order chi connectivity index (χ1) is 14.2. The van der Waals surface area contributed by atoms with Crippen LogP contribution in [0.2, 0.25) is 5.02 Å². The lowest BCUT2D eigenvalue weighted by atomic mass is 10.0. The van der Waals surface area contributed by atoms with Gasteiger partial charge in [0.15, 0.2) is 0 Å². The predicted molar refractivity (Wildman–Crippen MR) is 115 cm³/mol. The molecule has 0 radical (unpaired) electrons. The maximum absolute atomic E-state index is 13.8. The molecule has 0 aliphatic rings. The minimum Gasteiger partial charge on any atom is -0.490 e. The molecule has 2 rings (SSSR count). The highest BCUT2D eigenvalue weighted by Gasteiger charge is 2.25. The van der Waals surface area contributed by atoms with Crippen LogP contribution in [0.3, 0.4) is 0 Å². The number of hydrogen-bond acceptors (Lipinski definition) is 4. The number of amides is 2. The molecular formula is C22H25ClFN3O3. The van der Waals surface area contributed by atoms with Crippen molar-refractivity contribution in [1.29, 1.82) is 0 Å². The normalized spacial score (nSPS) is 12.3. The molecule has 2 amide bonds. The molecule has 8 heteroatoms. The van der Waals surface area contributed by atoms with Gasteiger partial charge in [-0.15, -0.1) is 0 Å². The maximum Gasteiger partial charge on any atom is 0.262 e. The van der Waals surface area contributed by atoms with Gasteiger partial charge >= 0.3 is 0 Å². The molecule has 1 atom stereocenters. The van der Waals surface area contributed by atoms with E-state index in [-0.39, 0.29) is 17.6 Å². The van der Waals surface area contributed by atoms with E-state index < -0.39 is 23.7 Å². The first kappa shape index (κ1) is 23.3. The molecule has 6 nitrogen and oxygen atoms in total. The molecule has 0 saturated heterocycles. The van der Waals surface area contributed by atoms with E-state index in [4.69, 9.17) is 16.3 Å². The van der Waals surface area contributed by atoms with Crippen LogP contribution in [0.5, 0.6) is 5.75 Å². The van der Waals surface area contributed by atoms with Gasteiger partial charge in [-0.05, 0) is 50.1 Å². The van der Waals surface area contributed by atoms with Crippen molar-refractivity contribution >= 4 is 29.6 Å². The van der Waals surface area contributed by atoms with Crippen molar-refractivity contribution in [3.8, 4) is 5.75 Å². The summed E-state index contributed by atoms with van der Waals surface area (Å²) in [5.74, 6) is -1.54. The van der Waals surface area contributed by atoms with Crippen molar-refractivity contribution < 1.29 is 18.7 Å². The molecule has 1 unspecified atom stereocenters. The summed E-state index contributed by atoms with van der Waals surface area (Å²) in [6, 6.07) is 9.75. The highest BCUT2D eigenvalue weighted by atomic mass is 35.5. The first-order valence-electron chi connectivity index (χ1n) is 9.53. The van der Waals surface area contributed by atoms with E-state index in [0.717, 1.165) is 0 Å². The lowest BCUT2D eigenvalue weighted by molar-refractivity contribution is -0.123. The molecule has 30 heavy (non-hydrogen) atoms. The average molecular weight is 434 g/mol. The molecule has 2 aromatic carbocycles. The average Bonchev–Trinajstić information content (AvgIpc) is 2.67. The molecule has 2 N–H and O–H groups in total. The van der Waals surface area contributed by atoms with Crippen LogP contribution in [0.4, 0.5) is 4.39 Å². The Balaban J connectivity index is 2.10. The topological polar surface area (TPSA) is 79.8 Å². The third-order valence-electron chi connectivity index (χ3n) is 4.07. The van der Waals surface area contributed by atoms with Crippen molar-refractivity contribution in [2.24, 2.45) is 11.0 Å². The van der Waals surface area contributed by atoms with Crippen molar-refractivity contribution in [2.45, 2.75) is 39.8 Å². The maximum atomic E-state index is 13.8. The zero-order valence-electron chi connectivity index (χ0n) is 17.3. The standard InChI is InChI=1S/C22H25ClFN3O3/c1-13(2)20(26-21(28)17-7-5-6-8-18(17)24)22(29)27-25-12-15-11-16(23)9-10-19(15)30-14(3)4/h5-14,20H,1-4H3,(H,26,28)(H,27,29)/b25-12+. The van der Waals surface area contributed by atoms with E-state index in [1.807, 2.05) is 13.8 Å². The minimum absolute atomic E-state index is 0.0492. The van der Waals surface area contributed by atoms with Gasteiger partial charge in [0.1, 0.15) is 17.6 Å². The Morgan fingerprint density at radius 2 is 1.83 bits per heavy atom. The van der Waals surface area contributed by atoms with Crippen LogP contribution in [0, 0.1) is 11.7 Å². The number of rotatable bonds is 8. The van der Waals surface area contributed by atoms with Gasteiger partial charge in [0.2, 0.25) is 0 Å². The van der Waals surface area contributed by atoms with Crippen molar-refractivity contribution in [3.63, 3.8) is 0 Å². The van der Waals surface area contributed by atoms with Crippen LogP contribution in [0.1, 0.15) is 43.6 Å². The Hall–Kier alpha value is -2.93. The Morgan fingerprint density at radius 1 is 1.13 bits per heavy atom. The number of hydrogen-bond donors (Lipinski definition) is 2. The van der Waals surface area contributed by atoms with E-state index in [9.17, 15) is 14.0 Å². The number of ether oxygens (including phenoxy) is 1. The lowest BCUT2D eigenvalue weighted by Gasteiger charge is -2.20. The minimum atomic E-state index is -0.903. The fourth-order valence-electron chi connectivity index (χ4n) is 2.62. The molecule has 0 spiro atoms. The van der Waals surface area contributed by atoms with Gasteiger partial charge in [-0.3, -0.25) is 9.59 Å². The quantitative estimate of drug-likeness (QED) is 0.484. The Labute approximate surface area is 180 Å². The number of carbonyl (C=O) groups excluding carboxylic acids is 2. The number of hydrazone groups is 1. The van der Waals surface area contributed by atoms with E-state index in [2.05, 4.69) is 15.8 Å². The zero-order valence-corrected chi connectivity index (χ0v) is 18.0. The summed E-state index contributed by atoms with van der Waals surface area (Å²) in [7, 11) is 0. The van der Waals surface area contributed by atoms with Gasteiger partial charge in [-0.25, -0.2) is 9.82 Å². The lowest BCUT2D eigenvalue weighted by Crippen LogP contribution is -2.48. The van der Waals surface area contributed by atoms with Crippen molar-refractivity contribution in [3.05, 3.63) is 64.4 Å². The summed E-state index contributed by atoms with van der Waals surface area (Å²) >= 11 is 6.03. The molecule has 160 valence electrons. The zero-order chi connectivity index (χ0) is 22.3. The number of halogens is 2. The van der Waals surface area contributed by atoms with Gasteiger partial charge in [-0.2, -0.15) is 5.10 Å². The molecule has 0 saturated carbocycles. The van der Waals surface area contributed by atoms with E-state index in [1.54, 1.807) is 38.1 Å². The molecule has 2 aromatic rings. The summed E-state index contributed by atoms with van der Waals surface area (Å²) in [6.45, 7) is 7.31. The number of nitrogens with zero attached hydrogens (tertiary/aromatic N) is 1. The van der Waals surface area contributed by atoms with Crippen LogP contribution in [-0.4, -0.2) is 30.2 Å². The van der Waals surface area contributed by atoms with E-state index in [0.29, 0.717) is 16.3 Å². The molecule has 0 heterocycles. The van der Waals surface area contributed by atoms with Gasteiger partial charge in [-0.1, -0.05) is 37.6 Å². The fraction of sp³-hybridized carbons (Fsp3) is 0.318. The van der Waals surface area contributed by atoms with Gasteiger partial charge < -0.3 is 10.1 Å². The highest BCUT2D eigenvalue weighted by Crippen LogP contribution is 2.22. The van der Waals surface area contributed by atoms with Crippen molar-refractivity contribution in [2.75, 3.05) is 0 Å². The van der Waals surface area contributed by atoms with E-state index >= 15 is 0 Å². The third kappa shape index (κ3) is 6.56. The smallest absolute Gasteiger partial charge is 0.262 e. The Kier molecular flexibility index (Phi) is 8.35. The summed E-state index contributed by atoms with van der Waals surface area (Å²) in [6.07, 6.45) is 1.37. The third-order valence-corrected chi connectivity index (χ3v) is 4.30. The first-order valence-corrected chi connectivity index (χ1v) is 9.91. The number of benzene rings is 2. The predicted octanol–water partition coefficient (Wildman–Crippen LogP) is 4.17. The van der Waals surface area contributed by atoms with Crippen LogP contribution < -0.4 is 15.5 Å². The number of carbonyl (C=O) groups is 2. The monoisotopic (exact) mass is 433 g/mol. The Bertz CT molecular complexity index is 932. The van der Waals surface area contributed by atoms with Crippen molar-refractivity contribution in [1.82, 2.24) is 10.7 Å².